The maximum absolute atomic E-state index is 12.9. The molecule has 0 spiro atoms. The Hall–Kier alpha value is -1.89. The molecule has 2 rings (SSSR count). The van der Waals surface area contributed by atoms with Gasteiger partial charge in [-0.2, -0.15) is 0 Å². The van der Waals surface area contributed by atoms with Gasteiger partial charge in [0.2, 0.25) is 0 Å². The average Bonchev–Trinajstić information content (AvgIpc) is 2.68. The van der Waals surface area contributed by atoms with Crippen molar-refractivity contribution >= 4 is 6.09 Å². The number of ether oxygens (including phenoxy) is 4. The molecule has 1 aromatic carbocycles. The quantitative estimate of drug-likeness (QED) is 0.532. The Kier molecular flexibility index (Phi) is 9.34. The van der Waals surface area contributed by atoms with Crippen LogP contribution in [0.25, 0.3) is 0 Å². The normalized spacial score (nSPS) is 22.9. The first-order valence-corrected chi connectivity index (χ1v) is 10.8. The Morgan fingerprint density at radius 2 is 1.80 bits per heavy atom. The van der Waals surface area contributed by atoms with Crippen molar-refractivity contribution in [3.05, 3.63) is 48.0 Å². The molecule has 6 nitrogen and oxygen atoms in total. The van der Waals surface area contributed by atoms with Gasteiger partial charge in [0, 0.05) is 25.1 Å². The molecule has 1 amide bonds. The van der Waals surface area contributed by atoms with Crippen molar-refractivity contribution in [2.75, 3.05) is 6.61 Å². The zero-order chi connectivity index (χ0) is 22.3. The summed E-state index contributed by atoms with van der Waals surface area (Å²) in [6.07, 6.45) is -1.73. The van der Waals surface area contributed by atoms with E-state index < -0.39 is 18.5 Å². The summed E-state index contributed by atoms with van der Waals surface area (Å²) < 4.78 is 23.9. The first-order valence-electron chi connectivity index (χ1n) is 10.8. The highest BCUT2D eigenvalue weighted by Gasteiger charge is 2.41. The van der Waals surface area contributed by atoms with E-state index >= 15 is 0 Å². The van der Waals surface area contributed by atoms with Gasteiger partial charge in [-0.3, -0.25) is 0 Å². The van der Waals surface area contributed by atoms with Crippen LogP contribution < -0.4 is 0 Å². The molecule has 0 aliphatic carbocycles. The number of carbonyl (C=O) groups excluding carboxylic acids is 1. The SMILES string of the molecule is C=C1C[C@@H](OCC)O[C@H]([C@H](C)OCc2ccccc2)[C@H]1OC(=O)N(C(C)C)C(C)C. The third-order valence-electron chi connectivity index (χ3n) is 5.16. The molecule has 1 heterocycles. The zero-order valence-electron chi connectivity index (χ0n) is 19.2. The van der Waals surface area contributed by atoms with E-state index in [9.17, 15) is 4.79 Å². The molecule has 0 saturated carbocycles. The molecule has 0 bridgehead atoms. The molecule has 4 atom stereocenters. The Labute approximate surface area is 181 Å². The number of hydrogen-bond donors (Lipinski definition) is 0. The summed E-state index contributed by atoms with van der Waals surface area (Å²) in [4.78, 5) is 14.6. The van der Waals surface area contributed by atoms with Crippen LogP contribution in [0.4, 0.5) is 4.79 Å². The average molecular weight is 420 g/mol. The van der Waals surface area contributed by atoms with Crippen LogP contribution in [0.5, 0.6) is 0 Å². The topological polar surface area (TPSA) is 57.2 Å². The smallest absolute Gasteiger partial charge is 0.410 e. The van der Waals surface area contributed by atoms with Crippen LogP contribution in [0.2, 0.25) is 0 Å². The van der Waals surface area contributed by atoms with E-state index in [4.69, 9.17) is 18.9 Å². The van der Waals surface area contributed by atoms with E-state index in [1.165, 1.54) is 0 Å². The highest BCUT2D eigenvalue weighted by atomic mass is 16.7. The van der Waals surface area contributed by atoms with Gasteiger partial charge in [-0.15, -0.1) is 0 Å². The van der Waals surface area contributed by atoms with Crippen molar-refractivity contribution in [2.45, 2.75) is 91.3 Å². The van der Waals surface area contributed by atoms with Crippen LogP contribution in [0.3, 0.4) is 0 Å². The molecular weight excluding hydrogens is 382 g/mol. The lowest BCUT2D eigenvalue weighted by Crippen LogP contribution is -2.52. The summed E-state index contributed by atoms with van der Waals surface area (Å²) in [6.45, 7) is 16.9. The van der Waals surface area contributed by atoms with Crippen LogP contribution in [0.15, 0.2) is 42.5 Å². The second-order valence-electron chi connectivity index (χ2n) is 8.25. The summed E-state index contributed by atoms with van der Waals surface area (Å²) in [5, 5.41) is 0. The van der Waals surface area contributed by atoms with Gasteiger partial charge in [0.25, 0.3) is 0 Å². The molecule has 0 unspecified atom stereocenters. The Balaban J connectivity index is 2.14. The third kappa shape index (κ3) is 6.56. The predicted molar refractivity (Wildman–Crippen MR) is 117 cm³/mol. The lowest BCUT2D eigenvalue weighted by molar-refractivity contribution is -0.232. The van der Waals surface area contributed by atoms with Gasteiger partial charge < -0.3 is 23.8 Å². The van der Waals surface area contributed by atoms with Crippen LogP contribution >= 0.6 is 0 Å². The number of hydrogen-bond acceptors (Lipinski definition) is 5. The third-order valence-corrected chi connectivity index (χ3v) is 5.16. The summed E-state index contributed by atoms with van der Waals surface area (Å²) in [7, 11) is 0. The minimum absolute atomic E-state index is 0.0247. The van der Waals surface area contributed by atoms with Crippen LogP contribution in [0, 0.1) is 0 Å². The first-order chi connectivity index (χ1) is 14.2. The molecule has 1 saturated heterocycles. The van der Waals surface area contributed by atoms with Gasteiger partial charge in [0.1, 0.15) is 6.10 Å². The van der Waals surface area contributed by atoms with Crippen molar-refractivity contribution in [3.8, 4) is 0 Å². The number of amides is 1. The van der Waals surface area contributed by atoms with Gasteiger partial charge in [-0.1, -0.05) is 36.9 Å². The Morgan fingerprint density at radius 3 is 2.37 bits per heavy atom. The second-order valence-corrected chi connectivity index (χ2v) is 8.25. The van der Waals surface area contributed by atoms with Gasteiger partial charge in [-0.05, 0) is 52.7 Å². The lowest BCUT2D eigenvalue weighted by Gasteiger charge is -2.41. The Morgan fingerprint density at radius 1 is 1.17 bits per heavy atom. The van der Waals surface area contributed by atoms with Crippen molar-refractivity contribution < 1.29 is 23.7 Å². The number of benzene rings is 1. The highest BCUT2D eigenvalue weighted by molar-refractivity contribution is 5.69. The van der Waals surface area contributed by atoms with E-state index in [0.717, 1.165) is 11.1 Å². The largest absolute Gasteiger partial charge is 0.439 e. The second kappa shape index (κ2) is 11.5. The number of carbonyl (C=O) groups is 1. The van der Waals surface area contributed by atoms with Gasteiger partial charge in [-0.25, -0.2) is 4.79 Å². The first kappa shape index (κ1) is 24.4. The van der Waals surface area contributed by atoms with Crippen LogP contribution in [-0.2, 0) is 25.6 Å². The van der Waals surface area contributed by atoms with Gasteiger partial charge >= 0.3 is 6.09 Å². The number of nitrogens with zero attached hydrogens (tertiary/aromatic N) is 1. The number of rotatable bonds is 9. The molecule has 1 aliphatic heterocycles. The van der Waals surface area contributed by atoms with Crippen molar-refractivity contribution in [1.82, 2.24) is 4.90 Å². The molecule has 6 heteroatoms. The molecule has 168 valence electrons. The van der Waals surface area contributed by atoms with Crippen molar-refractivity contribution in [1.29, 1.82) is 0 Å². The fraction of sp³-hybridized carbons (Fsp3) is 0.625. The fourth-order valence-electron chi connectivity index (χ4n) is 3.73. The minimum Gasteiger partial charge on any atom is -0.439 e. The molecule has 1 fully saturated rings. The van der Waals surface area contributed by atoms with Gasteiger partial charge in [0.05, 0.1) is 12.7 Å². The maximum atomic E-state index is 12.9. The van der Waals surface area contributed by atoms with Crippen molar-refractivity contribution in [3.63, 3.8) is 0 Å². The summed E-state index contributed by atoms with van der Waals surface area (Å²) in [5.74, 6) is 0. The summed E-state index contributed by atoms with van der Waals surface area (Å²) in [6, 6.07) is 10.00. The molecule has 1 aliphatic rings. The monoisotopic (exact) mass is 419 g/mol. The van der Waals surface area contributed by atoms with E-state index in [-0.39, 0.29) is 24.3 Å². The lowest BCUT2D eigenvalue weighted by atomic mass is 9.96. The molecule has 30 heavy (non-hydrogen) atoms. The van der Waals surface area contributed by atoms with Crippen LogP contribution in [0.1, 0.15) is 53.5 Å². The molecule has 0 N–H and O–H groups in total. The highest BCUT2D eigenvalue weighted by Crippen LogP contribution is 2.31. The van der Waals surface area contributed by atoms with Crippen LogP contribution in [-0.4, -0.2) is 54.3 Å². The molecule has 1 aromatic rings. The van der Waals surface area contributed by atoms with E-state index in [0.29, 0.717) is 19.6 Å². The van der Waals surface area contributed by atoms with Gasteiger partial charge in [0.15, 0.2) is 12.4 Å². The van der Waals surface area contributed by atoms with Crippen molar-refractivity contribution in [2.24, 2.45) is 0 Å². The summed E-state index contributed by atoms with van der Waals surface area (Å²) >= 11 is 0. The molecular formula is C24H37NO5. The van der Waals surface area contributed by atoms with E-state index in [1.54, 1.807) is 4.90 Å². The fourth-order valence-corrected chi connectivity index (χ4v) is 3.73. The summed E-state index contributed by atoms with van der Waals surface area (Å²) in [5.41, 5.74) is 1.85. The maximum Gasteiger partial charge on any atom is 0.410 e. The minimum atomic E-state index is -0.597. The predicted octanol–water partition coefficient (Wildman–Crippen LogP) is 4.92. The van der Waals surface area contributed by atoms with E-state index in [1.807, 2.05) is 71.9 Å². The zero-order valence-corrected chi connectivity index (χ0v) is 19.2. The van der Waals surface area contributed by atoms with E-state index in [2.05, 4.69) is 6.58 Å². The standard InChI is InChI=1S/C24H37NO5/c1-8-27-21-14-18(6)22(30-24(26)25(16(2)3)17(4)5)23(29-21)19(7)28-15-20-12-10-9-11-13-20/h9-13,16-17,19,21-23H,6,8,14-15H2,1-5,7H3/t19-,21-,22-,23+/m0/s1. The molecule has 0 radical (unpaired) electrons. The Bertz CT molecular complexity index is 667. The molecule has 0 aromatic heterocycles.